The minimum atomic E-state index is -1.66. The van der Waals surface area contributed by atoms with E-state index in [1.54, 1.807) is 7.05 Å². The van der Waals surface area contributed by atoms with Crippen LogP contribution in [-0.2, 0) is 14.1 Å². The highest BCUT2D eigenvalue weighted by molar-refractivity contribution is 6.74. The van der Waals surface area contributed by atoms with Gasteiger partial charge in [-0.3, -0.25) is 9.63 Å². The quantitative estimate of drug-likeness (QED) is 0.532. The number of amides is 1. The second-order valence-corrected chi connectivity index (χ2v) is 11.6. The third-order valence-electron chi connectivity index (χ3n) is 4.03. The summed E-state index contributed by atoms with van der Waals surface area (Å²) in [7, 11) is 1.48. The zero-order valence-corrected chi connectivity index (χ0v) is 14.9. The van der Waals surface area contributed by atoms with Crippen LogP contribution in [-0.4, -0.2) is 40.1 Å². The fourth-order valence-electron chi connectivity index (χ4n) is 1.36. The van der Waals surface area contributed by atoms with E-state index >= 15 is 0 Å². The van der Waals surface area contributed by atoms with Gasteiger partial charge in [0.15, 0.2) is 8.32 Å². The maximum absolute atomic E-state index is 11.7. The van der Waals surface area contributed by atoms with Crippen LogP contribution in [0.25, 0.3) is 0 Å². The third-order valence-corrected chi connectivity index (χ3v) is 8.57. The van der Waals surface area contributed by atoms with E-state index < -0.39 is 8.32 Å². The smallest absolute Gasteiger partial charge is 0.246 e. The van der Waals surface area contributed by atoms with Crippen LogP contribution in [0.4, 0.5) is 0 Å². The first kappa shape index (κ1) is 18.6. The maximum atomic E-state index is 11.7. The number of rotatable bonds is 7. The lowest BCUT2D eigenvalue weighted by Crippen LogP contribution is -2.41. The minimum absolute atomic E-state index is 0.0160. The molecule has 0 radical (unpaired) electrons. The maximum Gasteiger partial charge on any atom is 0.246 e. The lowest BCUT2D eigenvalue weighted by atomic mass is 10.0. The molecule has 114 valence electrons. The number of nitrogens with zero attached hydrogens (tertiary/aromatic N) is 1. The van der Waals surface area contributed by atoms with Crippen LogP contribution in [0.15, 0.2) is 0 Å². The Kier molecular flexibility index (Phi) is 7.25. The Bertz CT molecular complexity index is 287. The molecule has 0 heterocycles. The van der Waals surface area contributed by atoms with E-state index in [1.807, 2.05) is 0 Å². The van der Waals surface area contributed by atoms with Crippen molar-refractivity contribution in [2.45, 2.75) is 58.7 Å². The van der Waals surface area contributed by atoms with Gasteiger partial charge in [0.25, 0.3) is 0 Å². The van der Waals surface area contributed by atoms with Crippen molar-refractivity contribution < 1.29 is 14.1 Å². The standard InChI is InChI=1S/C14H31NO3Si/c1-12(11-13(16)15(5)17-6)9-10-18-19(7,8)14(2,3)4/h12H,9-11H2,1-8H3/t12-/m1/s1. The second kappa shape index (κ2) is 7.41. The van der Waals surface area contributed by atoms with Crippen molar-refractivity contribution in [2.75, 3.05) is 20.8 Å². The molecule has 0 aromatic carbocycles. The molecule has 0 aliphatic rings. The summed E-state index contributed by atoms with van der Waals surface area (Å²) in [6.45, 7) is 14.0. The van der Waals surface area contributed by atoms with Crippen LogP contribution in [0.3, 0.4) is 0 Å². The van der Waals surface area contributed by atoms with Gasteiger partial charge in [-0.1, -0.05) is 27.7 Å². The van der Waals surface area contributed by atoms with Crippen LogP contribution in [0.2, 0.25) is 18.1 Å². The van der Waals surface area contributed by atoms with Gasteiger partial charge in [-0.25, -0.2) is 5.06 Å². The first-order valence-electron chi connectivity index (χ1n) is 6.96. The molecular weight excluding hydrogens is 258 g/mol. The van der Waals surface area contributed by atoms with E-state index in [-0.39, 0.29) is 10.9 Å². The van der Waals surface area contributed by atoms with Gasteiger partial charge in [0.1, 0.15) is 0 Å². The van der Waals surface area contributed by atoms with Crippen molar-refractivity contribution in [3.05, 3.63) is 0 Å². The van der Waals surface area contributed by atoms with Crippen molar-refractivity contribution in [3.63, 3.8) is 0 Å². The zero-order valence-electron chi connectivity index (χ0n) is 13.9. The van der Waals surface area contributed by atoms with Gasteiger partial charge in [0, 0.05) is 20.1 Å². The van der Waals surface area contributed by atoms with E-state index in [9.17, 15) is 4.79 Å². The fourth-order valence-corrected chi connectivity index (χ4v) is 2.42. The highest BCUT2D eigenvalue weighted by Gasteiger charge is 2.36. The topological polar surface area (TPSA) is 38.8 Å². The molecule has 0 N–H and O–H groups in total. The van der Waals surface area contributed by atoms with E-state index in [1.165, 1.54) is 12.2 Å². The summed E-state index contributed by atoms with van der Waals surface area (Å²) in [6, 6.07) is 0. The number of hydrogen-bond donors (Lipinski definition) is 0. The Morgan fingerprint density at radius 3 is 2.26 bits per heavy atom. The van der Waals surface area contributed by atoms with Crippen molar-refractivity contribution in [1.82, 2.24) is 5.06 Å². The van der Waals surface area contributed by atoms with Gasteiger partial charge < -0.3 is 4.43 Å². The van der Waals surface area contributed by atoms with Crippen LogP contribution in [0.5, 0.6) is 0 Å². The molecular formula is C14H31NO3Si. The molecule has 0 aromatic rings. The predicted octanol–water partition coefficient (Wildman–Crippen LogP) is 3.44. The zero-order chi connectivity index (χ0) is 15.3. The first-order valence-corrected chi connectivity index (χ1v) is 9.86. The average Bonchev–Trinajstić information content (AvgIpc) is 2.25. The fraction of sp³-hybridized carbons (Fsp3) is 0.929. The molecule has 1 amide bonds. The Morgan fingerprint density at radius 1 is 1.32 bits per heavy atom. The molecule has 1 atom stereocenters. The van der Waals surface area contributed by atoms with Gasteiger partial charge in [0.05, 0.1) is 7.11 Å². The summed E-state index contributed by atoms with van der Waals surface area (Å²) in [5.41, 5.74) is 0. The largest absolute Gasteiger partial charge is 0.417 e. The van der Waals surface area contributed by atoms with E-state index in [4.69, 9.17) is 9.26 Å². The number of carbonyl (C=O) groups is 1. The highest BCUT2D eigenvalue weighted by atomic mass is 28.4. The molecule has 5 heteroatoms. The summed E-state index contributed by atoms with van der Waals surface area (Å²) in [5.74, 6) is 0.331. The SMILES string of the molecule is CON(C)C(=O)C[C@H](C)CCO[Si](C)(C)C(C)(C)C. The van der Waals surface area contributed by atoms with Crippen LogP contribution in [0.1, 0.15) is 40.5 Å². The van der Waals surface area contributed by atoms with E-state index in [0.29, 0.717) is 12.3 Å². The third kappa shape index (κ3) is 6.54. The molecule has 19 heavy (non-hydrogen) atoms. The molecule has 0 saturated heterocycles. The minimum Gasteiger partial charge on any atom is -0.417 e. The first-order chi connectivity index (χ1) is 8.51. The molecule has 0 bridgehead atoms. The van der Waals surface area contributed by atoms with Crippen LogP contribution < -0.4 is 0 Å². The monoisotopic (exact) mass is 289 g/mol. The predicted molar refractivity (Wildman–Crippen MR) is 81.3 cm³/mol. The summed E-state index contributed by atoms with van der Waals surface area (Å²) >= 11 is 0. The average molecular weight is 289 g/mol. The normalized spacial score (nSPS) is 14.3. The molecule has 0 spiro atoms. The Balaban J connectivity index is 4.06. The van der Waals surface area contributed by atoms with Crippen molar-refractivity contribution in [2.24, 2.45) is 5.92 Å². The van der Waals surface area contributed by atoms with Gasteiger partial charge in [-0.2, -0.15) is 0 Å². The number of hydrogen-bond acceptors (Lipinski definition) is 3. The summed E-state index contributed by atoms with van der Waals surface area (Å²) in [5, 5.41) is 1.52. The van der Waals surface area contributed by atoms with Gasteiger partial charge in [-0.15, -0.1) is 0 Å². The van der Waals surface area contributed by atoms with Crippen LogP contribution in [0, 0.1) is 5.92 Å². The van der Waals surface area contributed by atoms with E-state index in [0.717, 1.165) is 13.0 Å². The Morgan fingerprint density at radius 2 is 1.84 bits per heavy atom. The number of carbonyl (C=O) groups excluding carboxylic acids is 1. The molecule has 0 unspecified atom stereocenters. The lowest BCUT2D eigenvalue weighted by Gasteiger charge is -2.36. The molecule has 0 aliphatic heterocycles. The van der Waals surface area contributed by atoms with Gasteiger partial charge in [0.2, 0.25) is 5.91 Å². The molecule has 0 aliphatic carbocycles. The van der Waals surface area contributed by atoms with Crippen LogP contribution >= 0.6 is 0 Å². The van der Waals surface area contributed by atoms with Crippen molar-refractivity contribution in [3.8, 4) is 0 Å². The van der Waals surface area contributed by atoms with Crippen molar-refractivity contribution in [1.29, 1.82) is 0 Å². The highest BCUT2D eigenvalue weighted by Crippen LogP contribution is 2.36. The molecule has 0 saturated carbocycles. The Labute approximate surface area is 119 Å². The molecule has 0 fully saturated rings. The Hall–Kier alpha value is -0.393. The lowest BCUT2D eigenvalue weighted by molar-refractivity contribution is -0.169. The second-order valence-electron chi connectivity index (χ2n) is 6.78. The summed E-state index contributed by atoms with van der Waals surface area (Å²) in [4.78, 5) is 16.5. The van der Waals surface area contributed by atoms with Crippen molar-refractivity contribution >= 4 is 14.2 Å². The summed E-state index contributed by atoms with van der Waals surface area (Å²) in [6.07, 6.45) is 1.42. The van der Waals surface area contributed by atoms with Gasteiger partial charge in [-0.05, 0) is 30.5 Å². The molecule has 0 aromatic heterocycles. The summed E-state index contributed by atoms with van der Waals surface area (Å²) < 4.78 is 6.12. The molecule has 0 rings (SSSR count). The van der Waals surface area contributed by atoms with E-state index in [2.05, 4.69) is 40.8 Å². The van der Waals surface area contributed by atoms with Gasteiger partial charge >= 0.3 is 0 Å². The molecule has 4 nitrogen and oxygen atoms in total. The number of hydroxylamine groups is 2.